The Hall–Kier alpha value is -1.94. The molecule has 0 aliphatic heterocycles. The quantitative estimate of drug-likeness (QED) is 0.668. The molecule has 0 aliphatic rings. The highest BCUT2D eigenvalue weighted by molar-refractivity contribution is 7.97. The molecule has 0 unspecified atom stereocenters. The van der Waals surface area contributed by atoms with Gasteiger partial charge in [-0.25, -0.2) is 4.79 Å². The van der Waals surface area contributed by atoms with Gasteiger partial charge in [0, 0.05) is 17.2 Å². The van der Waals surface area contributed by atoms with Crippen LogP contribution in [0.5, 0.6) is 0 Å². The lowest BCUT2D eigenvalue weighted by atomic mass is 10.0. The molecule has 2 aromatic heterocycles. The second-order valence-corrected chi connectivity index (χ2v) is 6.08. The Balaban J connectivity index is 1.90. The maximum atomic E-state index is 11.7. The molecule has 0 radical (unpaired) electrons. The summed E-state index contributed by atoms with van der Waals surface area (Å²) in [5, 5.41) is 1.02. The lowest BCUT2D eigenvalue weighted by molar-refractivity contribution is 0.530. The number of aryl methyl sites for hydroxylation is 2. The fourth-order valence-electron chi connectivity index (χ4n) is 2.26. The van der Waals surface area contributed by atoms with Gasteiger partial charge in [-0.05, 0) is 54.8 Å². The molecule has 0 fully saturated rings. The summed E-state index contributed by atoms with van der Waals surface area (Å²) < 4.78 is 10.6. The zero-order chi connectivity index (χ0) is 14.8. The van der Waals surface area contributed by atoms with Crippen LogP contribution < -0.4 is 5.63 Å². The third kappa shape index (κ3) is 3.05. The van der Waals surface area contributed by atoms with Crippen LogP contribution in [0.2, 0.25) is 0 Å². The van der Waals surface area contributed by atoms with Crippen LogP contribution in [-0.4, -0.2) is 0 Å². The van der Waals surface area contributed by atoms with Crippen LogP contribution in [0.25, 0.3) is 11.0 Å². The third-order valence-corrected chi connectivity index (χ3v) is 4.53. The van der Waals surface area contributed by atoms with Gasteiger partial charge in [-0.1, -0.05) is 0 Å². The Morgan fingerprint density at radius 3 is 2.67 bits per heavy atom. The highest BCUT2D eigenvalue weighted by atomic mass is 32.2. The molecule has 2 heterocycles. The summed E-state index contributed by atoms with van der Waals surface area (Å²) in [6, 6.07) is 9.46. The number of fused-ring (bicyclic) bond motifs is 1. The zero-order valence-corrected chi connectivity index (χ0v) is 12.8. The van der Waals surface area contributed by atoms with E-state index in [1.54, 1.807) is 24.1 Å². The van der Waals surface area contributed by atoms with Gasteiger partial charge in [0.15, 0.2) is 0 Å². The third-order valence-electron chi connectivity index (χ3n) is 3.53. The first-order valence-electron chi connectivity index (χ1n) is 6.77. The van der Waals surface area contributed by atoms with Gasteiger partial charge in [0.05, 0.1) is 12.0 Å². The first kappa shape index (κ1) is 14.0. The van der Waals surface area contributed by atoms with Gasteiger partial charge in [-0.15, -0.1) is 11.8 Å². The minimum atomic E-state index is -0.292. The second kappa shape index (κ2) is 5.82. The normalized spacial score (nSPS) is 11.1. The molecule has 1 aromatic carbocycles. The van der Waals surface area contributed by atoms with Crippen molar-refractivity contribution in [1.29, 1.82) is 0 Å². The molecule has 0 saturated heterocycles. The van der Waals surface area contributed by atoms with Crippen molar-refractivity contribution in [3.8, 4) is 0 Å². The van der Waals surface area contributed by atoms with Gasteiger partial charge in [-0.2, -0.15) is 0 Å². The molecular formula is C17H16O3S. The van der Waals surface area contributed by atoms with Gasteiger partial charge >= 0.3 is 5.63 Å². The molecule has 0 spiro atoms. The van der Waals surface area contributed by atoms with E-state index in [1.807, 2.05) is 25.1 Å². The van der Waals surface area contributed by atoms with E-state index in [9.17, 15) is 4.79 Å². The van der Waals surface area contributed by atoms with E-state index in [0.29, 0.717) is 5.58 Å². The lowest BCUT2D eigenvalue weighted by Crippen LogP contribution is -2.00. The largest absolute Gasteiger partial charge is 0.468 e. The lowest BCUT2D eigenvalue weighted by Gasteiger charge is -2.07. The Morgan fingerprint density at radius 2 is 1.90 bits per heavy atom. The molecule has 3 aromatic rings. The van der Waals surface area contributed by atoms with Gasteiger partial charge in [0.2, 0.25) is 0 Å². The topological polar surface area (TPSA) is 43.4 Å². The van der Waals surface area contributed by atoms with E-state index in [1.165, 1.54) is 5.56 Å². The number of benzene rings is 1. The van der Waals surface area contributed by atoms with Crippen molar-refractivity contribution < 1.29 is 8.83 Å². The van der Waals surface area contributed by atoms with E-state index in [2.05, 4.69) is 13.0 Å². The monoisotopic (exact) mass is 300 g/mol. The molecule has 0 amide bonds. The highest BCUT2D eigenvalue weighted by Gasteiger charge is 2.08. The summed E-state index contributed by atoms with van der Waals surface area (Å²) in [4.78, 5) is 11.7. The van der Waals surface area contributed by atoms with E-state index in [-0.39, 0.29) is 5.63 Å². The predicted molar refractivity (Wildman–Crippen MR) is 85.7 cm³/mol. The predicted octanol–water partition coefficient (Wildman–Crippen LogP) is 4.44. The smallest absolute Gasteiger partial charge is 0.336 e. The van der Waals surface area contributed by atoms with Gasteiger partial charge < -0.3 is 8.83 Å². The average molecular weight is 300 g/mol. The Morgan fingerprint density at radius 1 is 1.10 bits per heavy atom. The minimum Gasteiger partial charge on any atom is -0.468 e. The molecule has 108 valence electrons. The second-order valence-electron chi connectivity index (χ2n) is 5.10. The summed E-state index contributed by atoms with van der Waals surface area (Å²) in [6.07, 6.45) is 1.68. The zero-order valence-electron chi connectivity index (χ0n) is 12.0. The van der Waals surface area contributed by atoms with Gasteiger partial charge in [-0.3, -0.25) is 0 Å². The summed E-state index contributed by atoms with van der Waals surface area (Å²) in [5.41, 5.74) is 3.72. The SMILES string of the molecule is Cc1cc2oc(=O)cc(CSCc3ccco3)c2cc1C. The summed E-state index contributed by atoms with van der Waals surface area (Å²) in [7, 11) is 0. The Bertz CT molecular complexity index is 816. The molecule has 3 nitrogen and oxygen atoms in total. The molecule has 0 atom stereocenters. The van der Waals surface area contributed by atoms with Crippen LogP contribution >= 0.6 is 11.8 Å². The van der Waals surface area contributed by atoms with Gasteiger partial charge in [0.25, 0.3) is 0 Å². The van der Waals surface area contributed by atoms with Crippen molar-refractivity contribution in [3.63, 3.8) is 0 Å². The van der Waals surface area contributed by atoms with Crippen molar-refractivity contribution in [2.45, 2.75) is 25.4 Å². The van der Waals surface area contributed by atoms with Crippen molar-refractivity contribution in [1.82, 2.24) is 0 Å². The molecule has 0 bridgehead atoms. The average Bonchev–Trinajstić information content (AvgIpc) is 2.94. The maximum absolute atomic E-state index is 11.7. The van der Waals surface area contributed by atoms with Crippen LogP contribution in [0.1, 0.15) is 22.5 Å². The number of rotatable bonds is 4. The fraction of sp³-hybridized carbons (Fsp3) is 0.235. The molecule has 0 aliphatic carbocycles. The van der Waals surface area contributed by atoms with Crippen LogP contribution in [0.3, 0.4) is 0 Å². The molecule has 21 heavy (non-hydrogen) atoms. The van der Waals surface area contributed by atoms with E-state index >= 15 is 0 Å². The molecule has 0 saturated carbocycles. The molecule has 3 rings (SSSR count). The standard InChI is InChI=1S/C17H16O3S/c1-11-6-15-13(9-21-10-14-4-3-5-19-14)8-17(18)20-16(15)7-12(11)2/h3-8H,9-10H2,1-2H3. The Kier molecular flexibility index (Phi) is 3.88. The summed E-state index contributed by atoms with van der Waals surface area (Å²) >= 11 is 1.72. The molecule has 0 N–H and O–H groups in total. The molecular weight excluding hydrogens is 284 g/mol. The van der Waals surface area contributed by atoms with Crippen molar-refractivity contribution >= 4 is 22.7 Å². The van der Waals surface area contributed by atoms with Crippen LogP contribution in [-0.2, 0) is 11.5 Å². The van der Waals surface area contributed by atoms with Crippen LogP contribution in [0.15, 0.2) is 50.2 Å². The molecule has 4 heteroatoms. The fourth-order valence-corrected chi connectivity index (χ4v) is 3.18. The van der Waals surface area contributed by atoms with Crippen molar-refractivity contribution in [2.24, 2.45) is 0 Å². The van der Waals surface area contributed by atoms with Crippen LogP contribution in [0, 0.1) is 13.8 Å². The minimum absolute atomic E-state index is 0.292. The first-order valence-corrected chi connectivity index (χ1v) is 7.93. The highest BCUT2D eigenvalue weighted by Crippen LogP contribution is 2.26. The summed E-state index contributed by atoms with van der Waals surface area (Å²) in [6.45, 7) is 4.09. The number of furan rings is 1. The van der Waals surface area contributed by atoms with E-state index in [0.717, 1.165) is 33.8 Å². The van der Waals surface area contributed by atoms with E-state index < -0.39 is 0 Å². The number of hydrogen-bond acceptors (Lipinski definition) is 4. The van der Waals surface area contributed by atoms with Crippen molar-refractivity contribution in [3.05, 3.63) is 69.5 Å². The number of thioether (sulfide) groups is 1. The van der Waals surface area contributed by atoms with Crippen molar-refractivity contribution in [2.75, 3.05) is 0 Å². The maximum Gasteiger partial charge on any atom is 0.336 e. The Labute approximate surface area is 127 Å². The summed E-state index contributed by atoms with van der Waals surface area (Å²) in [5.74, 6) is 2.49. The van der Waals surface area contributed by atoms with Gasteiger partial charge in [0.1, 0.15) is 11.3 Å². The van der Waals surface area contributed by atoms with E-state index in [4.69, 9.17) is 8.83 Å². The first-order chi connectivity index (χ1) is 10.1. The number of hydrogen-bond donors (Lipinski definition) is 0. The van der Waals surface area contributed by atoms with Crippen LogP contribution in [0.4, 0.5) is 0 Å².